The second-order valence-electron chi connectivity index (χ2n) is 6.70. The minimum absolute atomic E-state index is 0. The van der Waals surface area contributed by atoms with Crippen molar-refractivity contribution in [2.24, 2.45) is 11.7 Å². The van der Waals surface area contributed by atoms with E-state index in [9.17, 15) is 9.59 Å². The van der Waals surface area contributed by atoms with Crippen molar-refractivity contribution in [2.45, 2.75) is 32.7 Å². The fraction of sp³-hybridized carbons (Fsp3) is 0.579. The average Bonchev–Trinajstić information content (AvgIpc) is 2.65. The Morgan fingerprint density at radius 1 is 1.08 bits per heavy atom. The van der Waals surface area contributed by atoms with E-state index in [4.69, 9.17) is 10.5 Å². The number of nitrogens with two attached hydrogens (primary N) is 1. The van der Waals surface area contributed by atoms with Gasteiger partial charge in [-0.3, -0.25) is 9.59 Å². The molecule has 7 heteroatoms. The van der Waals surface area contributed by atoms with Gasteiger partial charge in [-0.2, -0.15) is 0 Å². The van der Waals surface area contributed by atoms with Crippen LogP contribution in [0.3, 0.4) is 0 Å². The van der Waals surface area contributed by atoms with E-state index in [-0.39, 0.29) is 36.2 Å². The van der Waals surface area contributed by atoms with Crippen LogP contribution in [0, 0.1) is 5.92 Å². The van der Waals surface area contributed by atoms with Crippen LogP contribution in [0.5, 0.6) is 5.75 Å². The van der Waals surface area contributed by atoms with E-state index >= 15 is 0 Å². The summed E-state index contributed by atoms with van der Waals surface area (Å²) in [4.78, 5) is 28.4. The van der Waals surface area contributed by atoms with Gasteiger partial charge in [-0.15, -0.1) is 12.4 Å². The van der Waals surface area contributed by atoms with E-state index in [1.165, 1.54) is 0 Å². The second kappa shape index (κ2) is 10.4. The van der Waals surface area contributed by atoms with Crippen LogP contribution in [0.1, 0.15) is 25.8 Å². The number of piperazine rings is 1. The maximum Gasteiger partial charge on any atom is 0.227 e. The molecule has 2 unspecified atom stereocenters. The van der Waals surface area contributed by atoms with Gasteiger partial charge in [0.05, 0.1) is 13.0 Å². The molecule has 1 aromatic rings. The molecule has 2 N–H and O–H groups in total. The van der Waals surface area contributed by atoms with E-state index in [2.05, 4.69) is 0 Å². The summed E-state index contributed by atoms with van der Waals surface area (Å²) in [6.07, 6.45) is 1.19. The Labute approximate surface area is 162 Å². The number of rotatable bonds is 6. The van der Waals surface area contributed by atoms with Crippen LogP contribution in [-0.2, 0) is 16.0 Å². The molecule has 146 valence electrons. The van der Waals surface area contributed by atoms with Crippen LogP contribution in [-0.4, -0.2) is 60.9 Å². The highest BCUT2D eigenvalue weighted by Crippen LogP contribution is 2.14. The Hall–Kier alpha value is -1.79. The molecule has 1 aliphatic heterocycles. The van der Waals surface area contributed by atoms with Gasteiger partial charge in [-0.1, -0.05) is 19.1 Å². The van der Waals surface area contributed by atoms with Crippen molar-refractivity contribution in [3.05, 3.63) is 29.8 Å². The summed E-state index contributed by atoms with van der Waals surface area (Å²) in [5.41, 5.74) is 6.93. The van der Waals surface area contributed by atoms with Gasteiger partial charge in [-0.25, -0.2) is 0 Å². The van der Waals surface area contributed by atoms with Crippen molar-refractivity contribution >= 4 is 24.2 Å². The molecule has 0 saturated carbocycles. The molecule has 2 atom stereocenters. The normalized spacial score (nSPS) is 16.5. The van der Waals surface area contributed by atoms with Crippen molar-refractivity contribution < 1.29 is 14.3 Å². The summed E-state index contributed by atoms with van der Waals surface area (Å²) < 4.78 is 5.14. The molecule has 1 aliphatic rings. The van der Waals surface area contributed by atoms with Crippen molar-refractivity contribution in [2.75, 3.05) is 33.3 Å². The Morgan fingerprint density at radius 3 is 2.12 bits per heavy atom. The third kappa shape index (κ3) is 5.88. The molecular formula is C19H30ClN3O3. The van der Waals surface area contributed by atoms with Crippen LogP contribution in [0.4, 0.5) is 0 Å². The lowest BCUT2D eigenvalue weighted by atomic mass is 10.0. The van der Waals surface area contributed by atoms with Gasteiger partial charge in [0.1, 0.15) is 5.75 Å². The summed E-state index contributed by atoms with van der Waals surface area (Å²) in [6, 6.07) is 7.63. The number of carbonyl (C=O) groups excluding carboxylic acids is 2. The highest BCUT2D eigenvalue weighted by atomic mass is 35.5. The molecule has 2 rings (SSSR count). The lowest BCUT2D eigenvalue weighted by Gasteiger charge is -2.36. The van der Waals surface area contributed by atoms with Gasteiger partial charge in [0.15, 0.2) is 0 Å². The molecule has 1 fully saturated rings. The fourth-order valence-corrected chi connectivity index (χ4v) is 2.89. The van der Waals surface area contributed by atoms with Crippen molar-refractivity contribution in [3.63, 3.8) is 0 Å². The van der Waals surface area contributed by atoms with Crippen LogP contribution in [0.25, 0.3) is 0 Å². The van der Waals surface area contributed by atoms with Crippen molar-refractivity contribution in [1.29, 1.82) is 0 Å². The number of hydrogen-bond donors (Lipinski definition) is 1. The summed E-state index contributed by atoms with van der Waals surface area (Å²) in [7, 11) is 1.64. The third-order valence-electron chi connectivity index (χ3n) is 4.91. The molecule has 0 spiro atoms. The molecule has 0 bridgehead atoms. The summed E-state index contributed by atoms with van der Waals surface area (Å²) in [5.74, 6) is 0.859. The number of halogens is 1. The number of ether oxygens (including phenoxy) is 1. The quantitative estimate of drug-likeness (QED) is 0.811. The average molecular weight is 384 g/mol. The topological polar surface area (TPSA) is 75.9 Å². The molecule has 6 nitrogen and oxygen atoms in total. The summed E-state index contributed by atoms with van der Waals surface area (Å²) in [6.45, 7) is 6.08. The van der Waals surface area contributed by atoms with Crippen molar-refractivity contribution in [1.82, 2.24) is 9.80 Å². The number of carbonyl (C=O) groups is 2. The minimum atomic E-state index is -0.183. The molecule has 0 aliphatic carbocycles. The number of benzene rings is 1. The van der Waals surface area contributed by atoms with E-state index < -0.39 is 0 Å². The van der Waals surface area contributed by atoms with Crippen LogP contribution in [0.2, 0.25) is 0 Å². The smallest absolute Gasteiger partial charge is 0.227 e. The molecule has 2 amide bonds. The lowest BCUT2D eigenvalue weighted by molar-refractivity contribution is -0.142. The van der Waals surface area contributed by atoms with Crippen molar-refractivity contribution in [3.8, 4) is 5.75 Å². The first-order valence-corrected chi connectivity index (χ1v) is 8.87. The predicted octanol–water partition coefficient (Wildman–Crippen LogP) is 1.70. The number of amides is 2. The zero-order valence-electron chi connectivity index (χ0n) is 15.8. The fourth-order valence-electron chi connectivity index (χ4n) is 2.89. The Morgan fingerprint density at radius 2 is 1.62 bits per heavy atom. The van der Waals surface area contributed by atoms with Crippen LogP contribution >= 0.6 is 12.4 Å². The lowest BCUT2D eigenvalue weighted by Crippen LogP contribution is -2.53. The van der Waals surface area contributed by atoms with Crippen LogP contribution < -0.4 is 10.5 Å². The number of methoxy groups -OCH3 is 1. The van der Waals surface area contributed by atoms with Gasteiger partial charge in [0.2, 0.25) is 11.8 Å². The van der Waals surface area contributed by atoms with Gasteiger partial charge in [-0.05, 0) is 31.0 Å². The molecule has 0 radical (unpaired) electrons. The van der Waals surface area contributed by atoms with Gasteiger partial charge < -0.3 is 20.3 Å². The molecule has 26 heavy (non-hydrogen) atoms. The van der Waals surface area contributed by atoms with E-state index in [1.54, 1.807) is 7.11 Å². The van der Waals surface area contributed by atoms with Gasteiger partial charge in [0, 0.05) is 38.6 Å². The number of hydrogen-bond acceptors (Lipinski definition) is 4. The standard InChI is InChI=1S/C19H29N3O3.ClH/c1-14(15(2)20)19(24)22-12-10-21(11-13-22)18(23)9-6-16-4-7-17(25-3)8-5-16;/h4-5,7-8,14-15H,6,9-13,20H2,1-3H3;1H. The predicted molar refractivity (Wildman–Crippen MR) is 105 cm³/mol. The summed E-state index contributed by atoms with van der Waals surface area (Å²) >= 11 is 0. The highest BCUT2D eigenvalue weighted by molar-refractivity contribution is 5.85. The number of nitrogens with zero attached hydrogens (tertiary/aromatic N) is 2. The zero-order valence-corrected chi connectivity index (χ0v) is 16.6. The van der Waals surface area contributed by atoms with E-state index in [1.807, 2.05) is 47.9 Å². The highest BCUT2D eigenvalue weighted by Gasteiger charge is 2.28. The first kappa shape index (κ1) is 22.3. The maximum absolute atomic E-state index is 12.4. The maximum atomic E-state index is 12.4. The largest absolute Gasteiger partial charge is 0.497 e. The molecule has 1 saturated heterocycles. The molecule has 0 aromatic heterocycles. The van der Waals surface area contributed by atoms with Gasteiger partial charge in [0.25, 0.3) is 0 Å². The Balaban J connectivity index is 0.00000338. The SMILES string of the molecule is COc1ccc(CCC(=O)N2CCN(C(=O)C(C)C(C)N)CC2)cc1.Cl. The van der Waals surface area contributed by atoms with Gasteiger partial charge >= 0.3 is 0 Å². The second-order valence-corrected chi connectivity index (χ2v) is 6.70. The summed E-state index contributed by atoms with van der Waals surface area (Å²) in [5, 5.41) is 0. The Bertz CT molecular complexity index is 584. The third-order valence-corrected chi connectivity index (χ3v) is 4.91. The van der Waals surface area contributed by atoms with Crippen LogP contribution in [0.15, 0.2) is 24.3 Å². The monoisotopic (exact) mass is 383 g/mol. The Kier molecular flexibility index (Phi) is 8.88. The molecule has 1 aromatic carbocycles. The molecular weight excluding hydrogens is 354 g/mol. The first-order valence-electron chi connectivity index (χ1n) is 8.87. The van der Waals surface area contributed by atoms with E-state index in [0.717, 1.165) is 11.3 Å². The zero-order chi connectivity index (χ0) is 18.4. The first-order chi connectivity index (χ1) is 11.9. The van der Waals surface area contributed by atoms with E-state index in [0.29, 0.717) is 39.0 Å². The minimum Gasteiger partial charge on any atom is -0.497 e. The number of aryl methyl sites for hydroxylation is 1. The molecule has 1 heterocycles.